The van der Waals surface area contributed by atoms with Crippen molar-refractivity contribution in [2.75, 3.05) is 13.7 Å². The molecule has 3 aromatic rings. The summed E-state index contributed by atoms with van der Waals surface area (Å²) in [6.07, 6.45) is 0. The summed E-state index contributed by atoms with van der Waals surface area (Å²) in [5.74, 6) is -1.10. The molecule has 0 aliphatic carbocycles. The number of nitrogens with zero attached hydrogens (tertiary/aromatic N) is 1. The second-order valence-corrected chi connectivity index (χ2v) is 6.65. The van der Waals surface area contributed by atoms with Gasteiger partial charge in [-0.05, 0) is 23.3 Å². The Morgan fingerprint density at radius 1 is 0.833 bits per heavy atom. The fourth-order valence-corrected chi connectivity index (χ4v) is 3.06. The molecular formula is C24H23NO5. The minimum Gasteiger partial charge on any atom is -0.493 e. The molecular weight excluding hydrogens is 382 g/mol. The van der Waals surface area contributed by atoms with Gasteiger partial charge in [0.15, 0.2) is 18.1 Å². The van der Waals surface area contributed by atoms with E-state index in [1.165, 1.54) is 13.2 Å². The monoisotopic (exact) mass is 405 g/mol. The van der Waals surface area contributed by atoms with Crippen LogP contribution >= 0.6 is 0 Å². The van der Waals surface area contributed by atoms with Gasteiger partial charge in [-0.2, -0.15) is 0 Å². The van der Waals surface area contributed by atoms with Gasteiger partial charge in [0, 0.05) is 13.1 Å². The molecule has 0 atom stereocenters. The number of hydrogen-bond donors (Lipinski definition) is 1. The Balaban J connectivity index is 1.79. The Labute approximate surface area is 175 Å². The molecule has 0 bridgehead atoms. The predicted molar refractivity (Wildman–Crippen MR) is 113 cm³/mol. The second-order valence-electron chi connectivity index (χ2n) is 6.65. The highest BCUT2D eigenvalue weighted by molar-refractivity contribution is 5.92. The zero-order chi connectivity index (χ0) is 21.3. The molecule has 0 aliphatic heterocycles. The summed E-state index contributed by atoms with van der Waals surface area (Å²) in [6.45, 7) is 0.519. The SMILES string of the molecule is COc1cccc(C(=O)O)c1OCC(=O)N(Cc1ccccc1)Cc1ccccc1. The van der Waals surface area contributed by atoms with Crippen molar-refractivity contribution in [3.8, 4) is 11.5 Å². The summed E-state index contributed by atoms with van der Waals surface area (Å²) in [7, 11) is 1.42. The number of ether oxygens (including phenoxy) is 2. The van der Waals surface area contributed by atoms with Crippen molar-refractivity contribution in [1.82, 2.24) is 4.90 Å². The van der Waals surface area contributed by atoms with Gasteiger partial charge in [0.2, 0.25) is 0 Å². The van der Waals surface area contributed by atoms with Crippen LogP contribution in [0, 0.1) is 0 Å². The molecule has 0 fully saturated rings. The Hall–Kier alpha value is -3.80. The number of carbonyl (C=O) groups is 2. The van der Waals surface area contributed by atoms with Gasteiger partial charge in [-0.3, -0.25) is 4.79 Å². The number of amides is 1. The third-order valence-corrected chi connectivity index (χ3v) is 4.55. The van der Waals surface area contributed by atoms with Crippen molar-refractivity contribution in [2.45, 2.75) is 13.1 Å². The highest BCUT2D eigenvalue weighted by atomic mass is 16.5. The molecule has 0 spiro atoms. The normalized spacial score (nSPS) is 10.3. The lowest BCUT2D eigenvalue weighted by Crippen LogP contribution is -2.34. The Morgan fingerprint density at radius 2 is 1.40 bits per heavy atom. The molecule has 0 heterocycles. The maximum Gasteiger partial charge on any atom is 0.339 e. The average Bonchev–Trinajstić information content (AvgIpc) is 2.78. The topological polar surface area (TPSA) is 76.1 Å². The molecule has 3 rings (SSSR count). The van der Waals surface area contributed by atoms with E-state index in [0.29, 0.717) is 13.1 Å². The quantitative estimate of drug-likeness (QED) is 0.582. The molecule has 0 aliphatic rings. The van der Waals surface area contributed by atoms with E-state index in [9.17, 15) is 14.7 Å². The third-order valence-electron chi connectivity index (χ3n) is 4.55. The minimum absolute atomic E-state index is 0.0419. The van der Waals surface area contributed by atoms with Crippen molar-refractivity contribution in [1.29, 1.82) is 0 Å². The van der Waals surface area contributed by atoms with Gasteiger partial charge >= 0.3 is 5.97 Å². The number of carbonyl (C=O) groups excluding carboxylic acids is 1. The van der Waals surface area contributed by atoms with Gasteiger partial charge in [0.05, 0.1) is 7.11 Å². The van der Waals surface area contributed by atoms with E-state index in [1.807, 2.05) is 60.7 Å². The van der Waals surface area contributed by atoms with Crippen molar-refractivity contribution >= 4 is 11.9 Å². The van der Waals surface area contributed by atoms with Gasteiger partial charge in [-0.15, -0.1) is 0 Å². The molecule has 6 nitrogen and oxygen atoms in total. The van der Waals surface area contributed by atoms with E-state index in [2.05, 4.69) is 0 Å². The molecule has 0 aromatic heterocycles. The Kier molecular flexibility index (Phi) is 7.05. The van der Waals surface area contributed by atoms with E-state index in [1.54, 1.807) is 17.0 Å². The molecule has 0 saturated heterocycles. The standard InChI is InChI=1S/C24H23NO5/c1-29-21-14-8-13-20(24(27)28)23(21)30-17-22(26)25(15-18-9-4-2-5-10-18)16-19-11-6-3-7-12-19/h2-14H,15-17H2,1H3,(H,27,28). The predicted octanol–water partition coefficient (Wildman–Crippen LogP) is 4.00. The summed E-state index contributed by atoms with van der Waals surface area (Å²) < 4.78 is 10.8. The second kappa shape index (κ2) is 10.1. The lowest BCUT2D eigenvalue weighted by molar-refractivity contribution is -0.134. The van der Waals surface area contributed by atoms with Crippen LogP contribution in [0.2, 0.25) is 0 Å². The first-order valence-electron chi connectivity index (χ1n) is 9.47. The lowest BCUT2D eigenvalue weighted by atomic mass is 10.1. The molecule has 6 heteroatoms. The molecule has 0 unspecified atom stereocenters. The zero-order valence-electron chi connectivity index (χ0n) is 16.7. The Morgan fingerprint density at radius 3 is 1.90 bits per heavy atom. The first kappa shape index (κ1) is 20.9. The first-order chi connectivity index (χ1) is 14.6. The summed E-state index contributed by atoms with van der Waals surface area (Å²) >= 11 is 0. The summed E-state index contributed by atoms with van der Waals surface area (Å²) in [5, 5.41) is 9.42. The van der Waals surface area contributed by atoms with E-state index in [4.69, 9.17) is 9.47 Å². The fourth-order valence-electron chi connectivity index (χ4n) is 3.06. The van der Waals surface area contributed by atoms with Crippen molar-refractivity contribution in [3.63, 3.8) is 0 Å². The van der Waals surface area contributed by atoms with Crippen molar-refractivity contribution in [2.24, 2.45) is 0 Å². The number of methoxy groups -OCH3 is 1. The number of carboxylic acid groups (broad SMARTS) is 1. The van der Waals surface area contributed by atoms with Crippen LogP contribution in [0.3, 0.4) is 0 Å². The number of hydrogen-bond acceptors (Lipinski definition) is 4. The number of benzene rings is 3. The van der Waals surface area contributed by atoms with Gasteiger partial charge in [-0.1, -0.05) is 66.7 Å². The van der Waals surface area contributed by atoms with E-state index in [-0.39, 0.29) is 29.6 Å². The van der Waals surface area contributed by atoms with Crippen LogP contribution in [0.5, 0.6) is 11.5 Å². The van der Waals surface area contributed by atoms with Crippen LogP contribution in [0.25, 0.3) is 0 Å². The number of carboxylic acids is 1. The molecule has 0 saturated carbocycles. The molecule has 30 heavy (non-hydrogen) atoms. The highest BCUT2D eigenvalue weighted by Crippen LogP contribution is 2.31. The Bertz CT molecular complexity index is 947. The molecule has 3 aromatic carbocycles. The molecule has 1 amide bonds. The maximum atomic E-state index is 13.0. The van der Waals surface area contributed by atoms with Gasteiger partial charge in [0.1, 0.15) is 5.56 Å². The van der Waals surface area contributed by atoms with E-state index in [0.717, 1.165) is 11.1 Å². The average molecular weight is 405 g/mol. The van der Waals surface area contributed by atoms with Gasteiger partial charge in [0.25, 0.3) is 5.91 Å². The summed E-state index contributed by atoms with van der Waals surface area (Å²) in [5.41, 5.74) is 1.93. The van der Waals surface area contributed by atoms with Crippen LogP contribution in [0.1, 0.15) is 21.5 Å². The largest absolute Gasteiger partial charge is 0.493 e. The number of rotatable bonds is 9. The zero-order valence-corrected chi connectivity index (χ0v) is 16.7. The first-order valence-corrected chi connectivity index (χ1v) is 9.47. The molecule has 1 N–H and O–H groups in total. The van der Waals surface area contributed by atoms with Crippen molar-refractivity contribution in [3.05, 3.63) is 95.6 Å². The smallest absolute Gasteiger partial charge is 0.339 e. The van der Waals surface area contributed by atoms with Crippen LogP contribution in [-0.2, 0) is 17.9 Å². The van der Waals surface area contributed by atoms with Gasteiger partial charge in [-0.25, -0.2) is 4.79 Å². The van der Waals surface area contributed by atoms with Crippen LogP contribution in [0.15, 0.2) is 78.9 Å². The minimum atomic E-state index is -1.15. The molecule has 0 radical (unpaired) electrons. The fraction of sp³-hybridized carbons (Fsp3) is 0.167. The number of aromatic carboxylic acids is 1. The van der Waals surface area contributed by atoms with E-state index < -0.39 is 5.97 Å². The highest BCUT2D eigenvalue weighted by Gasteiger charge is 2.20. The van der Waals surface area contributed by atoms with Crippen LogP contribution in [-0.4, -0.2) is 35.6 Å². The molecule has 154 valence electrons. The number of para-hydroxylation sites is 1. The van der Waals surface area contributed by atoms with Crippen LogP contribution in [0.4, 0.5) is 0 Å². The third kappa shape index (κ3) is 5.38. The van der Waals surface area contributed by atoms with Gasteiger partial charge < -0.3 is 19.5 Å². The van der Waals surface area contributed by atoms with E-state index >= 15 is 0 Å². The maximum absolute atomic E-state index is 13.0. The van der Waals surface area contributed by atoms with Crippen LogP contribution < -0.4 is 9.47 Å². The summed E-state index contributed by atoms with van der Waals surface area (Å²) in [4.78, 5) is 26.2. The lowest BCUT2D eigenvalue weighted by Gasteiger charge is -2.23. The van der Waals surface area contributed by atoms with Crippen molar-refractivity contribution < 1.29 is 24.2 Å². The summed E-state index contributed by atoms with van der Waals surface area (Å²) in [6, 6.07) is 23.9.